The zero-order valence-electron chi connectivity index (χ0n) is 17.3. The summed E-state index contributed by atoms with van der Waals surface area (Å²) >= 11 is 0. The Labute approximate surface area is 176 Å². The molecule has 3 rings (SSSR count). The van der Waals surface area contributed by atoms with Gasteiger partial charge in [-0.3, -0.25) is 4.79 Å². The minimum atomic E-state index is -0.791. The number of aliphatic carboxylic acids is 1. The molecule has 0 amide bonds. The van der Waals surface area contributed by atoms with Crippen LogP contribution < -0.4 is 0 Å². The molecule has 1 heterocycles. The van der Waals surface area contributed by atoms with Crippen molar-refractivity contribution in [3.63, 3.8) is 0 Å². The van der Waals surface area contributed by atoms with Crippen LogP contribution in [0, 0.1) is 11.7 Å². The second-order valence-electron chi connectivity index (χ2n) is 7.89. The van der Waals surface area contributed by atoms with Gasteiger partial charge in [-0.1, -0.05) is 36.6 Å². The predicted molar refractivity (Wildman–Crippen MR) is 113 cm³/mol. The second kappa shape index (κ2) is 11.5. The van der Waals surface area contributed by atoms with Crippen LogP contribution in [0.2, 0.25) is 0 Å². The number of benzene rings is 1. The van der Waals surface area contributed by atoms with E-state index in [9.17, 15) is 9.18 Å². The van der Waals surface area contributed by atoms with Crippen molar-refractivity contribution in [1.29, 1.82) is 0 Å². The lowest BCUT2D eigenvalue weighted by molar-refractivity contribution is -0.137. The molecule has 1 N–H and O–H groups in total. The summed E-state index contributed by atoms with van der Waals surface area (Å²) in [6, 6.07) is 6.53. The number of hydrogen-bond donors (Lipinski definition) is 1. The van der Waals surface area contributed by atoms with E-state index in [1.165, 1.54) is 31.4 Å². The third-order valence-corrected chi connectivity index (χ3v) is 5.64. The molecular weight excluding hydrogens is 385 g/mol. The third kappa shape index (κ3) is 6.68. The molecule has 1 aliphatic carbocycles. The van der Waals surface area contributed by atoms with Crippen molar-refractivity contribution in [3.05, 3.63) is 54.4 Å². The maximum absolute atomic E-state index is 13.4. The van der Waals surface area contributed by atoms with E-state index < -0.39 is 5.97 Å². The first-order valence-electron chi connectivity index (χ1n) is 10.8. The highest BCUT2D eigenvalue weighted by Gasteiger charge is 2.28. The van der Waals surface area contributed by atoms with E-state index in [1.54, 1.807) is 12.5 Å². The van der Waals surface area contributed by atoms with E-state index in [2.05, 4.69) is 10.1 Å². The summed E-state index contributed by atoms with van der Waals surface area (Å²) in [6.07, 6.45) is 13.3. The predicted octanol–water partition coefficient (Wildman–Crippen LogP) is 5.01. The van der Waals surface area contributed by atoms with Crippen LogP contribution in [-0.4, -0.2) is 32.9 Å². The second-order valence-corrected chi connectivity index (χ2v) is 7.89. The number of unbranched alkanes of at least 4 members (excludes halogenated alkanes) is 1. The van der Waals surface area contributed by atoms with Crippen LogP contribution in [0.15, 0.2) is 48.1 Å². The Morgan fingerprint density at radius 1 is 1.23 bits per heavy atom. The molecule has 0 spiro atoms. The molecule has 7 heteroatoms. The molecule has 0 aliphatic heterocycles. The number of imidazole rings is 1. The summed E-state index contributed by atoms with van der Waals surface area (Å²) in [5.74, 6) is -0.699. The molecule has 0 radical (unpaired) electrons. The fraction of sp³-hybridized carbons (Fsp3) is 0.522. The molecule has 0 saturated heterocycles. The topological polar surface area (TPSA) is 76.7 Å². The number of nitrogens with zero attached hydrogens (tertiary/aromatic N) is 3. The Hall–Kier alpha value is -2.70. The summed E-state index contributed by atoms with van der Waals surface area (Å²) in [4.78, 5) is 20.5. The van der Waals surface area contributed by atoms with Gasteiger partial charge in [0.25, 0.3) is 0 Å². The van der Waals surface area contributed by atoms with Crippen molar-refractivity contribution in [2.75, 3.05) is 6.61 Å². The molecule has 1 aliphatic rings. The monoisotopic (exact) mass is 415 g/mol. The van der Waals surface area contributed by atoms with Gasteiger partial charge < -0.3 is 14.5 Å². The Morgan fingerprint density at radius 2 is 2.00 bits per heavy atom. The molecule has 0 bridgehead atoms. The van der Waals surface area contributed by atoms with Crippen molar-refractivity contribution in [1.82, 2.24) is 9.55 Å². The average Bonchev–Trinajstić information content (AvgIpc) is 3.28. The lowest BCUT2D eigenvalue weighted by Gasteiger charge is -2.29. The van der Waals surface area contributed by atoms with Gasteiger partial charge in [-0.2, -0.15) is 0 Å². The Balaban J connectivity index is 1.77. The number of carboxylic acid groups (broad SMARTS) is 1. The number of carbonyl (C=O) groups is 1. The van der Waals surface area contributed by atoms with Crippen LogP contribution in [0.4, 0.5) is 4.39 Å². The molecule has 1 aromatic carbocycles. The van der Waals surface area contributed by atoms with Crippen molar-refractivity contribution >= 4 is 11.7 Å². The summed E-state index contributed by atoms with van der Waals surface area (Å²) in [6.45, 7) is 0.400. The van der Waals surface area contributed by atoms with Crippen LogP contribution >= 0.6 is 0 Å². The highest BCUT2D eigenvalue weighted by molar-refractivity contribution is 5.90. The first kappa shape index (κ1) is 22.0. The number of oxime groups is 1. The molecule has 1 fully saturated rings. The maximum atomic E-state index is 13.4. The molecule has 1 atom stereocenters. The van der Waals surface area contributed by atoms with E-state index in [0.717, 1.165) is 24.1 Å². The van der Waals surface area contributed by atoms with Gasteiger partial charge in [-0.05, 0) is 49.8 Å². The smallest absolute Gasteiger partial charge is 0.303 e. The van der Waals surface area contributed by atoms with E-state index in [0.29, 0.717) is 31.8 Å². The van der Waals surface area contributed by atoms with Gasteiger partial charge in [0, 0.05) is 24.7 Å². The van der Waals surface area contributed by atoms with Crippen molar-refractivity contribution in [2.45, 2.75) is 63.8 Å². The number of rotatable bonds is 11. The summed E-state index contributed by atoms with van der Waals surface area (Å²) in [5, 5.41) is 13.3. The van der Waals surface area contributed by atoms with Crippen LogP contribution in [0.1, 0.15) is 63.0 Å². The summed E-state index contributed by atoms with van der Waals surface area (Å²) in [5.41, 5.74) is 2.02. The lowest BCUT2D eigenvalue weighted by Crippen LogP contribution is -2.29. The van der Waals surface area contributed by atoms with E-state index in [4.69, 9.17) is 9.94 Å². The SMILES string of the molecule is O=C(O)CCCCO/N=C(/C1CCCCC1)C(Cc1ccc(F)cc1)n1ccnc1. The average molecular weight is 416 g/mol. The van der Waals surface area contributed by atoms with Gasteiger partial charge in [0.1, 0.15) is 12.4 Å². The van der Waals surface area contributed by atoms with Crippen molar-refractivity contribution < 1.29 is 19.1 Å². The van der Waals surface area contributed by atoms with Crippen molar-refractivity contribution in [2.24, 2.45) is 11.1 Å². The quantitative estimate of drug-likeness (QED) is 0.318. The first-order chi connectivity index (χ1) is 14.6. The van der Waals surface area contributed by atoms with Gasteiger partial charge in [-0.25, -0.2) is 9.37 Å². The molecule has 1 unspecified atom stereocenters. The van der Waals surface area contributed by atoms with Crippen LogP contribution in [0.3, 0.4) is 0 Å². The largest absolute Gasteiger partial charge is 0.481 e. The lowest BCUT2D eigenvalue weighted by atomic mass is 9.82. The fourth-order valence-corrected chi connectivity index (χ4v) is 4.03. The molecule has 2 aromatic rings. The Morgan fingerprint density at radius 3 is 2.67 bits per heavy atom. The number of halogens is 1. The summed E-state index contributed by atoms with van der Waals surface area (Å²) in [7, 11) is 0. The van der Waals surface area contributed by atoms with Crippen LogP contribution in [0.5, 0.6) is 0 Å². The molecular formula is C23H30FN3O3. The number of carboxylic acids is 1. The number of hydrogen-bond acceptors (Lipinski definition) is 4. The van der Waals surface area contributed by atoms with Gasteiger partial charge >= 0.3 is 5.97 Å². The van der Waals surface area contributed by atoms with Crippen molar-refractivity contribution in [3.8, 4) is 0 Å². The van der Waals surface area contributed by atoms with Gasteiger partial charge in [0.2, 0.25) is 0 Å². The molecule has 1 saturated carbocycles. The first-order valence-corrected chi connectivity index (χ1v) is 10.8. The minimum absolute atomic E-state index is 0.0555. The highest BCUT2D eigenvalue weighted by Crippen LogP contribution is 2.31. The fourth-order valence-electron chi connectivity index (χ4n) is 4.03. The summed E-state index contributed by atoms with van der Waals surface area (Å²) < 4.78 is 15.4. The minimum Gasteiger partial charge on any atom is -0.481 e. The van der Waals surface area contributed by atoms with E-state index in [-0.39, 0.29) is 18.3 Å². The van der Waals surface area contributed by atoms with E-state index >= 15 is 0 Å². The van der Waals surface area contributed by atoms with Gasteiger partial charge in [0.15, 0.2) is 0 Å². The van der Waals surface area contributed by atoms with E-state index in [1.807, 2.05) is 22.9 Å². The third-order valence-electron chi connectivity index (χ3n) is 5.64. The highest BCUT2D eigenvalue weighted by atomic mass is 19.1. The Bertz CT molecular complexity index is 800. The normalized spacial score (nSPS) is 16.4. The zero-order valence-corrected chi connectivity index (χ0v) is 17.3. The standard InChI is InChI=1S/C23H30FN3O3/c24-20-11-9-18(10-12-20)16-21(27-14-13-25-17-27)23(19-6-2-1-3-7-19)26-30-15-5-4-8-22(28)29/h9-14,17,19,21H,1-8,15-16H2,(H,28,29)/b26-23-. The van der Waals surface area contributed by atoms with Crippen LogP contribution in [0.25, 0.3) is 0 Å². The molecule has 1 aromatic heterocycles. The van der Waals surface area contributed by atoms with Gasteiger partial charge in [-0.15, -0.1) is 0 Å². The number of aromatic nitrogens is 2. The molecule has 162 valence electrons. The Kier molecular flexibility index (Phi) is 8.41. The van der Waals surface area contributed by atoms with Crippen LogP contribution in [-0.2, 0) is 16.1 Å². The molecule has 6 nitrogen and oxygen atoms in total. The zero-order chi connectivity index (χ0) is 21.2. The molecule has 30 heavy (non-hydrogen) atoms. The van der Waals surface area contributed by atoms with Gasteiger partial charge in [0.05, 0.1) is 18.1 Å². The maximum Gasteiger partial charge on any atom is 0.303 e.